The maximum atomic E-state index is 13.0. The summed E-state index contributed by atoms with van der Waals surface area (Å²) in [5, 5.41) is 2.47. The molecule has 2 aromatic rings. The van der Waals surface area contributed by atoms with E-state index in [0.29, 0.717) is 11.5 Å². The van der Waals surface area contributed by atoms with Gasteiger partial charge in [-0.3, -0.25) is 4.79 Å². The number of amides is 1. The monoisotopic (exact) mass is 367 g/mol. The predicted octanol–water partition coefficient (Wildman–Crippen LogP) is 3.29. The third-order valence-electron chi connectivity index (χ3n) is 3.16. The van der Waals surface area contributed by atoms with Crippen molar-refractivity contribution < 1.29 is 28.2 Å². The molecule has 0 saturated heterocycles. The maximum Gasteiger partial charge on any atom is 0.338 e. The largest absolute Gasteiger partial charge is 0.493 e. The molecule has 25 heavy (non-hydrogen) atoms. The molecule has 0 atom stereocenters. The number of ether oxygens (including phenoxy) is 3. The molecule has 2 rings (SSSR count). The number of nitrogens with one attached hydrogen (secondary N) is 1. The van der Waals surface area contributed by atoms with Gasteiger partial charge >= 0.3 is 5.97 Å². The quantitative estimate of drug-likeness (QED) is 0.793. The van der Waals surface area contributed by atoms with Crippen LogP contribution in [0.25, 0.3) is 0 Å². The van der Waals surface area contributed by atoms with Crippen LogP contribution in [0.2, 0.25) is 5.02 Å². The summed E-state index contributed by atoms with van der Waals surface area (Å²) in [6.45, 7) is -0.527. The Hall–Kier alpha value is -2.80. The van der Waals surface area contributed by atoms with E-state index in [1.54, 1.807) is 6.07 Å². The van der Waals surface area contributed by atoms with E-state index in [4.69, 9.17) is 25.8 Å². The molecule has 0 bridgehead atoms. The number of hydrogen-bond donors (Lipinski definition) is 1. The number of anilines is 1. The minimum absolute atomic E-state index is 0.0413. The molecular formula is C17H15ClFNO5. The zero-order valence-corrected chi connectivity index (χ0v) is 14.2. The van der Waals surface area contributed by atoms with Gasteiger partial charge in [-0.15, -0.1) is 0 Å². The van der Waals surface area contributed by atoms with Gasteiger partial charge in [0.1, 0.15) is 5.82 Å². The SMILES string of the molecule is COc1ccc(C(=O)OCC(=O)Nc2ccc(F)cc2Cl)cc1OC. The lowest BCUT2D eigenvalue weighted by atomic mass is 10.2. The molecule has 0 aliphatic rings. The molecule has 6 nitrogen and oxygen atoms in total. The van der Waals surface area contributed by atoms with Crippen molar-refractivity contribution in [3.8, 4) is 11.5 Å². The second-order valence-corrected chi connectivity index (χ2v) is 5.23. The molecule has 0 radical (unpaired) electrons. The summed E-state index contributed by atoms with van der Waals surface area (Å²) in [7, 11) is 2.91. The van der Waals surface area contributed by atoms with E-state index in [2.05, 4.69) is 5.32 Å². The highest BCUT2D eigenvalue weighted by Crippen LogP contribution is 2.27. The van der Waals surface area contributed by atoms with Crippen LogP contribution in [0.5, 0.6) is 11.5 Å². The standard InChI is InChI=1S/C17H15ClFNO5/c1-23-14-6-3-10(7-15(14)24-2)17(22)25-9-16(21)20-13-5-4-11(19)8-12(13)18/h3-8H,9H2,1-2H3,(H,20,21). The van der Waals surface area contributed by atoms with Crippen molar-refractivity contribution in [1.82, 2.24) is 0 Å². The minimum Gasteiger partial charge on any atom is -0.493 e. The number of halogens is 2. The number of rotatable bonds is 6. The minimum atomic E-state index is -0.707. The molecule has 0 aromatic heterocycles. The zero-order chi connectivity index (χ0) is 18.4. The van der Waals surface area contributed by atoms with Gasteiger partial charge in [-0.1, -0.05) is 11.6 Å². The van der Waals surface area contributed by atoms with Crippen LogP contribution in [0.1, 0.15) is 10.4 Å². The van der Waals surface area contributed by atoms with Crippen LogP contribution < -0.4 is 14.8 Å². The van der Waals surface area contributed by atoms with Gasteiger partial charge in [-0.05, 0) is 36.4 Å². The summed E-state index contributed by atoms with van der Waals surface area (Å²) in [5.74, 6) is -1.02. The Morgan fingerprint density at radius 3 is 2.44 bits per heavy atom. The maximum absolute atomic E-state index is 13.0. The molecule has 0 aliphatic heterocycles. The van der Waals surface area contributed by atoms with Gasteiger partial charge in [-0.25, -0.2) is 9.18 Å². The Bertz CT molecular complexity index is 797. The summed E-state index contributed by atoms with van der Waals surface area (Å²) in [4.78, 5) is 23.8. The Labute approximate surface area is 148 Å². The number of carbonyl (C=O) groups is 2. The third kappa shape index (κ3) is 4.84. The van der Waals surface area contributed by atoms with Crippen molar-refractivity contribution in [3.05, 3.63) is 52.8 Å². The molecule has 0 unspecified atom stereocenters. The molecule has 1 amide bonds. The molecule has 1 N–H and O–H groups in total. The highest BCUT2D eigenvalue weighted by atomic mass is 35.5. The van der Waals surface area contributed by atoms with Crippen LogP contribution in [-0.4, -0.2) is 32.7 Å². The van der Waals surface area contributed by atoms with Crippen molar-refractivity contribution in [1.29, 1.82) is 0 Å². The lowest BCUT2D eigenvalue weighted by molar-refractivity contribution is -0.119. The fourth-order valence-electron chi connectivity index (χ4n) is 1.95. The summed E-state index contributed by atoms with van der Waals surface area (Å²) in [6, 6.07) is 8.00. The number of hydrogen-bond acceptors (Lipinski definition) is 5. The number of carbonyl (C=O) groups excluding carboxylic acids is 2. The topological polar surface area (TPSA) is 73.9 Å². The molecule has 0 aliphatic carbocycles. The molecule has 0 heterocycles. The molecular weight excluding hydrogens is 353 g/mol. The molecule has 8 heteroatoms. The summed E-state index contributed by atoms with van der Waals surface area (Å²) in [5.41, 5.74) is 0.417. The van der Waals surface area contributed by atoms with Crippen molar-refractivity contribution in [2.45, 2.75) is 0 Å². The fraction of sp³-hybridized carbons (Fsp3) is 0.176. The lowest BCUT2D eigenvalue weighted by Crippen LogP contribution is -2.21. The number of esters is 1. The van der Waals surface area contributed by atoms with Crippen LogP contribution in [0, 0.1) is 5.82 Å². The van der Waals surface area contributed by atoms with Crippen molar-refractivity contribution in [2.75, 3.05) is 26.1 Å². The Balaban J connectivity index is 1.96. The molecule has 0 saturated carbocycles. The van der Waals surface area contributed by atoms with E-state index in [9.17, 15) is 14.0 Å². The number of methoxy groups -OCH3 is 2. The number of benzene rings is 2. The first-order chi connectivity index (χ1) is 11.9. The van der Waals surface area contributed by atoms with E-state index in [1.807, 2.05) is 0 Å². The predicted molar refractivity (Wildman–Crippen MR) is 89.9 cm³/mol. The molecule has 0 fully saturated rings. The van der Waals surface area contributed by atoms with E-state index >= 15 is 0 Å². The lowest BCUT2D eigenvalue weighted by Gasteiger charge is -2.10. The highest BCUT2D eigenvalue weighted by Gasteiger charge is 2.14. The Kier molecular flexibility index (Phi) is 6.19. The second kappa shape index (κ2) is 8.34. The van der Waals surface area contributed by atoms with Gasteiger partial charge in [-0.2, -0.15) is 0 Å². The zero-order valence-electron chi connectivity index (χ0n) is 13.5. The summed E-state index contributed by atoms with van der Waals surface area (Å²) < 4.78 is 28.1. The van der Waals surface area contributed by atoms with Gasteiger partial charge in [0.05, 0.1) is 30.5 Å². The first-order valence-corrected chi connectivity index (χ1v) is 7.46. The molecule has 0 spiro atoms. The van der Waals surface area contributed by atoms with Gasteiger partial charge in [0.15, 0.2) is 18.1 Å². The third-order valence-corrected chi connectivity index (χ3v) is 3.47. The Morgan fingerprint density at radius 1 is 1.08 bits per heavy atom. The van der Waals surface area contributed by atoms with Crippen molar-refractivity contribution in [2.24, 2.45) is 0 Å². The second-order valence-electron chi connectivity index (χ2n) is 4.82. The fourth-order valence-corrected chi connectivity index (χ4v) is 2.17. The van der Waals surface area contributed by atoms with Crippen LogP contribution in [0.4, 0.5) is 10.1 Å². The average molecular weight is 368 g/mol. The van der Waals surface area contributed by atoms with Crippen molar-refractivity contribution >= 4 is 29.2 Å². The van der Waals surface area contributed by atoms with Crippen LogP contribution in [-0.2, 0) is 9.53 Å². The Morgan fingerprint density at radius 2 is 1.80 bits per heavy atom. The van der Waals surface area contributed by atoms with Gasteiger partial charge < -0.3 is 19.5 Å². The van der Waals surface area contributed by atoms with Crippen LogP contribution >= 0.6 is 11.6 Å². The normalized spacial score (nSPS) is 10.1. The van der Waals surface area contributed by atoms with E-state index in [0.717, 1.165) is 12.1 Å². The van der Waals surface area contributed by atoms with Crippen LogP contribution in [0.15, 0.2) is 36.4 Å². The van der Waals surface area contributed by atoms with E-state index < -0.39 is 24.3 Å². The van der Waals surface area contributed by atoms with Crippen molar-refractivity contribution in [3.63, 3.8) is 0 Å². The van der Waals surface area contributed by atoms with Gasteiger partial charge in [0, 0.05) is 0 Å². The van der Waals surface area contributed by atoms with Crippen LogP contribution in [0.3, 0.4) is 0 Å². The highest BCUT2D eigenvalue weighted by molar-refractivity contribution is 6.33. The van der Waals surface area contributed by atoms with Gasteiger partial charge in [0.25, 0.3) is 5.91 Å². The van der Waals surface area contributed by atoms with Gasteiger partial charge in [0.2, 0.25) is 0 Å². The van der Waals surface area contributed by atoms with E-state index in [-0.39, 0.29) is 16.3 Å². The molecule has 2 aromatic carbocycles. The first kappa shape index (κ1) is 18.5. The molecule has 132 valence electrons. The van der Waals surface area contributed by atoms with E-state index in [1.165, 1.54) is 32.4 Å². The smallest absolute Gasteiger partial charge is 0.338 e. The average Bonchev–Trinajstić information content (AvgIpc) is 2.61. The first-order valence-electron chi connectivity index (χ1n) is 7.08. The summed E-state index contributed by atoms with van der Waals surface area (Å²) >= 11 is 5.81. The summed E-state index contributed by atoms with van der Waals surface area (Å²) in [6.07, 6.45) is 0.